The van der Waals surface area contributed by atoms with E-state index in [1.165, 1.54) is 22.3 Å². The number of unbranched alkanes of at least 4 members (excludes halogenated alkanes) is 3. The van der Waals surface area contributed by atoms with Crippen molar-refractivity contribution in [3.63, 3.8) is 0 Å². The van der Waals surface area contributed by atoms with E-state index in [1.807, 2.05) is 0 Å². The van der Waals surface area contributed by atoms with Gasteiger partial charge in [-0.2, -0.15) is 0 Å². The fraction of sp³-hybridized carbons (Fsp3) is 0.550. The van der Waals surface area contributed by atoms with Gasteiger partial charge in [0.05, 0.1) is 31.0 Å². The van der Waals surface area contributed by atoms with E-state index >= 15 is 0 Å². The van der Waals surface area contributed by atoms with Crippen LogP contribution in [-0.4, -0.2) is 57.9 Å². The topological polar surface area (TPSA) is 49.4 Å². The maximum atomic E-state index is 6.85. The zero-order chi connectivity index (χ0) is 32.8. The van der Waals surface area contributed by atoms with E-state index in [1.54, 1.807) is 0 Å². The Kier molecular flexibility index (Phi) is 14.5. The minimum absolute atomic E-state index is 0.0414. The SMILES string of the molecule is CCCCOC[C@H]1O[C@@H](c2ccc(Br)c(Cc3ccc4c(c3)N(Cc3ccccc3)CCO4)c2)C[C@@H](OCCCC)[C@@H]1OCCCC. The van der Waals surface area contributed by atoms with Crippen LogP contribution in [0.2, 0.25) is 0 Å². The van der Waals surface area contributed by atoms with E-state index in [0.717, 1.165) is 93.6 Å². The first-order chi connectivity index (χ1) is 23.1. The third kappa shape index (κ3) is 10.3. The number of hydrogen-bond acceptors (Lipinski definition) is 6. The van der Waals surface area contributed by atoms with Gasteiger partial charge in [0.25, 0.3) is 0 Å². The van der Waals surface area contributed by atoms with Crippen molar-refractivity contribution in [1.29, 1.82) is 0 Å². The minimum atomic E-state index is -0.183. The number of nitrogens with zero attached hydrogens (tertiary/aromatic N) is 1. The molecule has 0 aliphatic carbocycles. The van der Waals surface area contributed by atoms with Crippen molar-refractivity contribution in [2.45, 2.75) is 103 Å². The number of fused-ring (bicyclic) bond motifs is 1. The molecule has 0 bridgehead atoms. The highest BCUT2D eigenvalue weighted by Crippen LogP contribution is 2.38. The second-order valence-corrected chi connectivity index (χ2v) is 13.7. The lowest BCUT2D eigenvalue weighted by Crippen LogP contribution is -2.50. The van der Waals surface area contributed by atoms with Crippen LogP contribution in [0.15, 0.2) is 71.2 Å². The van der Waals surface area contributed by atoms with Gasteiger partial charge >= 0.3 is 0 Å². The molecule has 5 rings (SSSR count). The summed E-state index contributed by atoms with van der Waals surface area (Å²) in [4.78, 5) is 2.43. The fourth-order valence-corrected chi connectivity index (χ4v) is 6.78. The highest BCUT2D eigenvalue weighted by molar-refractivity contribution is 9.10. The monoisotopic (exact) mass is 707 g/mol. The average Bonchev–Trinajstić information content (AvgIpc) is 3.09. The Labute approximate surface area is 291 Å². The van der Waals surface area contributed by atoms with Gasteiger partial charge in [-0.05, 0) is 66.1 Å². The number of benzene rings is 3. The number of ether oxygens (including phenoxy) is 5. The van der Waals surface area contributed by atoms with Gasteiger partial charge in [0.1, 0.15) is 24.6 Å². The van der Waals surface area contributed by atoms with Crippen molar-refractivity contribution >= 4 is 21.6 Å². The molecule has 7 heteroatoms. The molecule has 4 atom stereocenters. The summed E-state index contributed by atoms with van der Waals surface area (Å²) in [6, 6.07) is 24.0. The predicted octanol–water partition coefficient (Wildman–Crippen LogP) is 9.46. The van der Waals surface area contributed by atoms with E-state index in [2.05, 4.69) is 108 Å². The number of anilines is 1. The molecule has 256 valence electrons. The smallest absolute Gasteiger partial charge is 0.142 e. The van der Waals surface area contributed by atoms with Crippen molar-refractivity contribution in [1.82, 2.24) is 0 Å². The van der Waals surface area contributed by atoms with Crippen LogP contribution in [0.1, 0.15) is 94.1 Å². The summed E-state index contributed by atoms with van der Waals surface area (Å²) in [7, 11) is 0. The summed E-state index contributed by atoms with van der Waals surface area (Å²) in [6.07, 6.45) is 7.52. The first kappa shape index (κ1) is 35.9. The molecule has 0 aromatic heterocycles. The van der Waals surface area contributed by atoms with Gasteiger partial charge in [-0.1, -0.05) is 104 Å². The molecule has 3 aromatic rings. The van der Waals surface area contributed by atoms with Gasteiger partial charge in [-0.25, -0.2) is 0 Å². The Morgan fingerprint density at radius 1 is 0.830 bits per heavy atom. The van der Waals surface area contributed by atoms with E-state index in [0.29, 0.717) is 19.8 Å². The second kappa shape index (κ2) is 18.9. The van der Waals surface area contributed by atoms with Gasteiger partial charge in [-0.3, -0.25) is 0 Å². The zero-order valence-electron chi connectivity index (χ0n) is 28.6. The number of halogens is 1. The summed E-state index contributed by atoms with van der Waals surface area (Å²) in [5, 5.41) is 0. The normalized spacial score (nSPS) is 21.0. The van der Waals surface area contributed by atoms with Gasteiger partial charge < -0.3 is 28.6 Å². The Morgan fingerprint density at radius 3 is 2.38 bits per heavy atom. The number of hydrogen-bond donors (Lipinski definition) is 0. The molecular formula is C40H54BrNO5. The molecule has 47 heavy (non-hydrogen) atoms. The van der Waals surface area contributed by atoms with Crippen molar-refractivity contribution < 1.29 is 23.7 Å². The Morgan fingerprint density at radius 2 is 1.60 bits per heavy atom. The summed E-state index contributed by atoms with van der Waals surface area (Å²) >= 11 is 3.86. The lowest BCUT2D eigenvalue weighted by atomic mass is 9.92. The van der Waals surface area contributed by atoms with Crippen LogP contribution in [0.25, 0.3) is 0 Å². The fourth-order valence-electron chi connectivity index (χ4n) is 6.39. The Bertz CT molecular complexity index is 1350. The van der Waals surface area contributed by atoms with Crippen molar-refractivity contribution in [2.75, 3.05) is 44.5 Å². The van der Waals surface area contributed by atoms with Crippen molar-refractivity contribution in [3.8, 4) is 5.75 Å². The van der Waals surface area contributed by atoms with Crippen molar-refractivity contribution in [3.05, 3.63) is 93.5 Å². The molecule has 3 aromatic carbocycles. The van der Waals surface area contributed by atoms with Gasteiger partial charge in [0, 0.05) is 37.3 Å². The van der Waals surface area contributed by atoms with Crippen LogP contribution in [0.4, 0.5) is 5.69 Å². The van der Waals surface area contributed by atoms with Crippen LogP contribution in [-0.2, 0) is 31.9 Å². The maximum Gasteiger partial charge on any atom is 0.142 e. The summed E-state index contributed by atoms with van der Waals surface area (Å²) in [5.74, 6) is 0.955. The molecule has 0 amide bonds. The molecular weight excluding hydrogens is 654 g/mol. The average molecular weight is 709 g/mol. The van der Waals surface area contributed by atoms with Gasteiger partial charge in [0.15, 0.2) is 0 Å². The van der Waals surface area contributed by atoms with Crippen LogP contribution >= 0.6 is 15.9 Å². The van der Waals surface area contributed by atoms with E-state index in [-0.39, 0.29) is 24.4 Å². The largest absolute Gasteiger partial charge is 0.490 e. The van der Waals surface area contributed by atoms with Crippen molar-refractivity contribution in [2.24, 2.45) is 0 Å². The molecule has 2 aliphatic heterocycles. The molecule has 0 radical (unpaired) electrons. The quantitative estimate of drug-likeness (QED) is 0.123. The van der Waals surface area contributed by atoms with Crippen LogP contribution < -0.4 is 9.64 Å². The van der Waals surface area contributed by atoms with Crippen LogP contribution in [0, 0.1) is 0 Å². The molecule has 2 aliphatic rings. The molecule has 0 unspecified atom stereocenters. The lowest BCUT2D eigenvalue weighted by molar-refractivity contribution is -0.216. The van der Waals surface area contributed by atoms with E-state index in [9.17, 15) is 0 Å². The predicted molar refractivity (Wildman–Crippen MR) is 194 cm³/mol. The van der Waals surface area contributed by atoms with Gasteiger partial charge in [-0.15, -0.1) is 0 Å². The highest BCUT2D eigenvalue weighted by atomic mass is 79.9. The molecule has 0 saturated carbocycles. The molecule has 1 saturated heterocycles. The Balaban J connectivity index is 1.35. The molecule has 0 spiro atoms. The molecule has 0 N–H and O–H groups in total. The summed E-state index contributed by atoms with van der Waals surface area (Å²) in [5.41, 5.74) is 6.12. The second-order valence-electron chi connectivity index (χ2n) is 12.9. The van der Waals surface area contributed by atoms with E-state index in [4.69, 9.17) is 23.7 Å². The Hall–Kier alpha value is -2.42. The lowest BCUT2D eigenvalue weighted by Gasteiger charge is -2.42. The zero-order valence-corrected chi connectivity index (χ0v) is 30.2. The summed E-state index contributed by atoms with van der Waals surface area (Å²) in [6.45, 7) is 11.7. The third-order valence-corrected chi connectivity index (χ3v) is 9.89. The van der Waals surface area contributed by atoms with Crippen LogP contribution in [0.5, 0.6) is 5.75 Å². The maximum absolute atomic E-state index is 6.85. The van der Waals surface area contributed by atoms with E-state index < -0.39 is 0 Å². The standard InChI is InChI=1S/C40H54BrNO5/c1-4-7-20-43-29-39-40(46-22-9-6-3)38(44-21-8-5-2)27-37(47-39)32-16-17-34(41)33(26-32)24-31-15-18-36-35(25-31)42(19-23-45-36)28-30-13-11-10-12-14-30/h10-18,25-26,37-40H,4-9,19-24,27-29H2,1-3H3/t37-,38-,39-,40+/m1/s1. The van der Waals surface area contributed by atoms with Gasteiger partial charge in [0.2, 0.25) is 0 Å². The van der Waals surface area contributed by atoms with Crippen LogP contribution in [0.3, 0.4) is 0 Å². The highest BCUT2D eigenvalue weighted by Gasteiger charge is 2.41. The first-order valence-electron chi connectivity index (χ1n) is 17.9. The third-order valence-electron chi connectivity index (χ3n) is 9.12. The number of rotatable bonds is 18. The molecule has 2 heterocycles. The molecule has 6 nitrogen and oxygen atoms in total. The first-order valence-corrected chi connectivity index (χ1v) is 18.7. The summed E-state index contributed by atoms with van der Waals surface area (Å²) < 4.78 is 33.2. The molecule has 1 fully saturated rings. The minimum Gasteiger partial charge on any atom is -0.490 e.